The first-order chi connectivity index (χ1) is 43.6. The SMILES string of the molecule is [2H]c1c([2H])c([2H])c(-c2cccc(-c3cc(C(C)(C)C)cc(C(C)(C)C)c3)c2-[n+]2[c-]n(-c3[c-]c(Oc4[c-]c5c(cc4)c4cc(-n6c7c([2H])c([2H])c([2H])c([2H])c7c7c([2H])c([2H])c([2H])c([2H])c76)ccc4n5-c4cc(C(C)C(C)C)ccn4)ccc3)c3ccccc32)c([2H])c1[2H].[Pt]. The number of ether oxygens (including phenoxy) is 1. The molecular weight excluding hydrogens is 1160 g/mol. The van der Waals surface area contributed by atoms with Gasteiger partial charge in [0.1, 0.15) is 5.82 Å². The average molecular weight is 1230 g/mol. The van der Waals surface area contributed by atoms with Crippen LogP contribution in [0.5, 0.6) is 11.5 Å². The Bertz CT molecular complexity index is 5150. The Hall–Kier alpha value is -8.31. The van der Waals surface area contributed by atoms with Crippen molar-refractivity contribution in [2.45, 2.75) is 79.1 Å². The molecule has 0 bridgehead atoms. The molecule has 0 radical (unpaired) electrons. The van der Waals surface area contributed by atoms with Crippen LogP contribution in [0.3, 0.4) is 0 Å². The van der Waals surface area contributed by atoms with E-state index in [9.17, 15) is 5.48 Å². The number of benzene rings is 9. The molecule has 0 amide bonds. The number of hydrogen-bond donors (Lipinski definition) is 0. The van der Waals surface area contributed by atoms with Crippen molar-refractivity contribution < 1.29 is 48.2 Å². The first kappa shape index (κ1) is 39.1. The zero-order valence-corrected chi connectivity index (χ0v) is 48.0. The third-order valence-corrected chi connectivity index (χ3v) is 15.2. The van der Waals surface area contributed by atoms with Gasteiger partial charge in [-0.05, 0) is 115 Å². The molecule has 13 rings (SSSR count). The molecule has 6 nitrogen and oxygen atoms in total. The quantitative estimate of drug-likeness (QED) is 0.101. The molecule has 1 atom stereocenters. The molecule has 0 spiro atoms. The van der Waals surface area contributed by atoms with Crippen molar-refractivity contribution in [3.05, 3.63) is 241 Å². The van der Waals surface area contributed by atoms with Crippen molar-refractivity contribution in [1.29, 1.82) is 0 Å². The normalized spacial score (nSPS) is 14.8. The number of fused-ring (bicyclic) bond motifs is 7. The molecule has 0 N–H and O–H groups in total. The van der Waals surface area contributed by atoms with Crippen LogP contribution in [0.25, 0.3) is 99.8 Å². The zero-order valence-electron chi connectivity index (χ0n) is 58.7. The third-order valence-electron chi connectivity index (χ3n) is 15.2. The van der Waals surface area contributed by atoms with Crippen molar-refractivity contribution in [3.63, 3.8) is 0 Å². The third kappa shape index (κ3) is 9.23. The number of rotatable bonds is 10. The maximum absolute atomic E-state index is 9.29. The van der Waals surface area contributed by atoms with E-state index in [4.69, 9.17) is 22.1 Å². The summed E-state index contributed by atoms with van der Waals surface area (Å²) in [4.78, 5) is 4.93. The molecule has 0 saturated carbocycles. The Balaban J connectivity index is 0.00000832. The van der Waals surface area contributed by atoms with E-state index in [2.05, 4.69) is 105 Å². The van der Waals surface area contributed by atoms with Crippen molar-refractivity contribution in [1.82, 2.24) is 18.7 Å². The standard InChI is InChI=1S/C73H63N5O.Pt/c1-47(2)48(3)50-37-38-74-70(41-50)78-66-36-33-55(77-64-29-15-13-25-60(64)61-26-14-16-30-65(61)77)44-63(66)62-35-34-57(45-69(62)78)79-56-24-19-23-54(43-56)75-46-76(68-32-18-17-31-67(68)75)71-58(49-21-11-10-12-22-49)27-20-28-59(71)51-39-52(72(4,5)6)42-53(40-51)73(7,8)9;/h10-42,44,47-48H,1-9H3;/q-2;/i10D,11D,12D,13D,14D,15D,16D,21D,22D,25D,26D,29D,30D;. The summed E-state index contributed by atoms with van der Waals surface area (Å²) in [5.74, 6) is 1.75. The predicted octanol–water partition coefficient (Wildman–Crippen LogP) is 18.4. The first-order valence-electron chi connectivity index (χ1n) is 33.1. The van der Waals surface area contributed by atoms with Gasteiger partial charge in [-0.3, -0.25) is 4.57 Å². The minimum Gasteiger partial charge on any atom is -0.510 e. The second-order valence-corrected chi connectivity index (χ2v) is 22.6. The molecule has 13 aromatic rings. The Kier molecular flexibility index (Phi) is 9.98. The fraction of sp³-hybridized carbons (Fsp3) is 0.178. The Morgan fingerprint density at radius 3 is 1.90 bits per heavy atom. The monoisotopic (exact) mass is 1230 g/mol. The van der Waals surface area contributed by atoms with Crippen LogP contribution < -0.4 is 9.30 Å². The van der Waals surface area contributed by atoms with E-state index in [0.717, 1.165) is 33.3 Å². The van der Waals surface area contributed by atoms with Crippen LogP contribution in [-0.2, 0) is 31.9 Å². The maximum atomic E-state index is 9.29. The minimum absolute atomic E-state index is 0. The molecule has 0 aliphatic carbocycles. The van der Waals surface area contributed by atoms with E-state index >= 15 is 0 Å². The van der Waals surface area contributed by atoms with Gasteiger partial charge in [0.2, 0.25) is 0 Å². The van der Waals surface area contributed by atoms with Crippen molar-refractivity contribution in [2.24, 2.45) is 5.92 Å². The summed E-state index contributed by atoms with van der Waals surface area (Å²) in [7, 11) is 0. The molecule has 0 aliphatic heterocycles. The maximum Gasteiger partial charge on any atom is 0.268 e. The van der Waals surface area contributed by atoms with Crippen molar-refractivity contribution in [2.75, 3.05) is 0 Å². The van der Waals surface area contributed by atoms with Crippen molar-refractivity contribution >= 4 is 54.6 Å². The number of para-hydroxylation sites is 5. The van der Waals surface area contributed by atoms with Crippen LogP contribution in [0.4, 0.5) is 0 Å². The second-order valence-electron chi connectivity index (χ2n) is 22.6. The predicted molar refractivity (Wildman–Crippen MR) is 326 cm³/mol. The Morgan fingerprint density at radius 2 is 1.20 bits per heavy atom. The van der Waals surface area contributed by atoms with Crippen LogP contribution in [0.1, 0.15) is 103 Å². The second kappa shape index (κ2) is 20.4. The summed E-state index contributed by atoms with van der Waals surface area (Å²) in [5, 5.41) is 1.36. The smallest absolute Gasteiger partial charge is 0.268 e. The number of hydrogen-bond acceptors (Lipinski definition) is 2. The molecule has 7 heteroatoms. The summed E-state index contributed by atoms with van der Waals surface area (Å²) in [6.45, 7) is 19.6. The van der Waals surface area contributed by atoms with Gasteiger partial charge in [-0.25, -0.2) is 4.98 Å². The first-order valence-corrected chi connectivity index (χ1v) is 26.6. The van der Waals surface area contributed by atoms with Crippen LogP contribution >= 0.6 is 0 Å². The van der Waals surface area contributed by atoms with Crippen LogP contribution in [0.2, 0.25) is 0 Å². The number of nitrogens with zero attached hydrogens (tertiary/aromatic N) is 5. The number of aromatic nitrogens is 5. The van der Waals surface area contributed by atoms with Gasteiger partial charge in [0.15, 0.2) is 0 Å². The van der Waals surface area contributed by atoms with Gasteiger partial charge in [-0.15, -0.1) is 29.7 Å². The van der Waals surface area contributed by atoms with Gasteiger partial charge in [0.05, 0.1) is 45.6 Å². The van der Waals surface area contributed by atoms with Gasteiger partial charge in [0, 0.05) is 60.7 Å². The molecule has 9 aromatic carbocycles. The minimum atomic E-state index is -0.520. The van der Waals surface area contributed by atoms with E-state index in [-0.39, 0.29) is 77.3 Å². The molecule has 398 valence electrons. The summed E-state index contributed by atoms with van der Waals surface area (Å²) in [6, 6.07) is 40.2. The van der Waals surface area contributed by atoms with Crippen LogP contribution in [-0.4, -0.2) is 18.7 Å². The Morgan fingerprint density at radius 1 is 0.550 bits per heavy atom. The molecule has 80 heavy (non-hydrogen) atoms. The fourth-order valence-electron chi connectivity index (χ4n) is 10.7. The van der Waals surface area contributed by atoms with E-state index < -0.39 is 66.5 Å². The van der Waals surface area contributed by atoms with E-state index in [1.165, 1.54) is 4.57 Å². The van der Waals surface area contributed by atoms with Gasteiger partial charge in [-0.2, -0.15) is 18.2 Å². The molecule has 0 saturated heterocycles. The fourth-order valence-corrected chi connectivity index (χ4v) is 10.7. The topological polar surface area (TPSA) is 40.8 Å². The van der Waals surface area contributed by atoms with Gasteiger partial charge in [0.25, 0.3) is 6.33 Å². The van der Waals surface area contributed by atoms with Gasteiger partial charge >= 0.3 is 0 Å². The molecule has 4 heterocycles. The molecule has 0 fully saturated rings. The number of pyridine rings is 1. The molecule has 0 aliphatic rings. The number of imidazole rings is 1. The van der Waals surface area contributed by atoms with E-state index in [1.807, 2.05) is 86.5 Å². The van der Waals surface area contributed by atoms with E-state index in [0.29, 0.717) is 73.2 Å². The summed E-state index contributed by atoms with van der Waals surface area (Å²) in [5.41, 5.74) is 9.14. The average Bonchev–Trinajstić information content (AvgIpc) is 1.55. The van der Waals surface area contributed by atoms with Crippen molar-refractivity contribution in [3.8, 4) is 56.6 Å². The molecule has 1 unspecified atom stereocenters. The largest absolute Gasteiger partial charge is 0.510 e. The van der Waals surface area contributed by atoms with Gasteiger partial charge in [-0.1, -0.05) is 195 Å². The molecular formula is C73H63N5OPt-2. The van der Waals surface area contributed by atoms with Crippen LogP contribution in [0.15, 0.2) is 206 Å². The summed E-state index contributed by atoms with van der Waals surface area (Å²) >= 11 is 0. The zero-order chi connectivity index (χ0) is 65.6. The van der Waals surface area contributed by atoms with E-state index in [1.54, 1.807) is 30.5 Å². The van der Waals surface area contributed by atoms with Gasteiger partial charge < -0.3 is 18.4 Å². The summed E-state index contributed by atoms with van der Waals surface area (Å²) < 4.78 is 130. The molecule has 4 aromatic heterocycles. The van der Waals surface area contributed by atoms with Crippen LogP contribution in [0, 0.1) is 24.4 Å². The summed E-state index contributed by atoms with van der Waals surface area (Å²) in [6.07, 6.45) is 5.42. The Labute approximate surface area is 502 Å².